The highest BCUT2D eigenvalue weighted by Gasteiger charge is 2.24. The number of likely N-dealkylation sites (N-methyl/N-ethyl adjacent to an activating group) is 2. The van der Waals surface area contributed by atoms with Crippen molar-refractivity contribution >= 4 is 27.5 Å². The summed E-state index contributed by atoms with van der Waals surface area (Å²) in [5, 5.41) is 0.428. The van der Waals surface area contributed by atoms with Crippen molar-refractivity contribution in [1.82, 2.24) is 9.21 Å². The molecule has 2 rings (SSSR count). The molecule has 0 unspecified atom stereocenters. The molecule has 2 aromatic rings. The van der Waals surface area contributed by atoms with Crippen LogP contribution < -0.4 is 0 Å². The van der Waals surface area contributed by atoms with E-state index in [0.717, 1.165) is 9.87 Å². The van der Waals surface area contributed by atoms with Crippen molar-refractivity contribution in [3.05, 3.63) is 64.9 Å². The van der Waals surface area contributed by atoms with Crippen LogP contribution in [0.25, 0.3) is 0 Å². The number of amides is 1. The van der Waals surface area contributed by atoms with Crippen LogP contribution in [0.3, 0.4) is 0 Å². The number of hydrogen-bond donors (Lipinski definition) is 0. The molecule has 8 heteroatoms. The van der Waals surface area contributed by atoms with Crippen molar-refractivity contribution in [3.8, 4) is 0 Å². The van der Waals surface area contributed by atoms with Crippen LogP contribution in [0.1, 0.15) is 5.56 Å². The number of sulfonamides is 1. The fraction of sp³-hybridized carbons (Fsp3) is 0.235. The lowest BCUT2D eigenvalue weighted by molar-refractivity contribution is -0.130. The molecule has 0 spiro atoms. The highest BCUT2D eigenvalue weighted by Crippen LogP contribution is 2.17. The fourth-order valence-corrected chi connectivity index (χ4v) is 3.38. The quantitative estimate of drug-likeness (QED) is 0.769. The Kier molecular flexibility index (Phi) is 6.16. The third-order valence-electron chi connectivity index (χ3n) is 3.64. The van der Waals surface area contributed by atoms with E-state index in [1.807, 2.05) is 0 Å². The van der Waals surface area contributed by atoms with Gasteiger partial charge in [-0.15, -0.1) is 0 Å². The lowest BCUT2D eigenvalue weighted by Crippen LogP contribution is -2.39. The van der Waals surface area contributed by atoms with Crippen LogP contribution in [0.15, 0.2) is 53.4 Å². The van der Waals surface area contributed by atoms with Gasteiger partial charge in [-0.3, -0.25) is 4.79 Å². The van der Waals surface area contributed by atoms with Gasteiger partial charge < -0.3 is 4.90 Å². The molecular formula is C17H18ClFN2O3S. The van der Waals surface area contributed by atoms with E-state index < -0.39 is 10.0 Å². The number of benzene rings is 2. The molecule has 0 saturated carbocycles. The number of carbonyl (C=O) groups excluding carboxylic acids is 1. The van der Waals surface area contributed by atoms with E-state index in [1.165, 1.54) is 48.3 Å². The molecule has 5 nitrogen and oxygen atoms in total. The van der Waals surface area contributed by atoms with Gasteiger partial charge in [-0.25, -0.2) is 12.8 Å². The smallest absolute Gasteiger partial charge is 0.243 e. The van der Waals surface area contributed by atoms with Crippen molar-refractivity contribution in [3.63, 3.8) is 0 Å². The Labute approximate surface area is 151 Å². The first-order valence-electron chi connectivity index (χ1n) is 7.40. The first kappa shape index (κ1) is 19.4. The van der Waals surface area contributed by atoms with Crippen molar-refractivity contribution in [2.45, 2.75) is 11.4 Å². The third kappa shape index (κ3) is 5.01. The number of halogens is 2. The maximum atomic E-state index is 12.9. The standard InChI is InChI=1S/C17H18ClFN2O3S/c1-20(11-13-3-7-15(19)8-4-13)17(22)12-21(2)25(23,24)16-9-5-14(18)6-10-16/h3-10H,11-12H2,1-2H3. The molecule has 1 amide bonds. The molecule has 0 bridgehead atoms. The minimum Gasteiger partial charge on any atom is -0.340 e. The predicted octanol–water partition coefficient (Wildman–Crippen LogP) is 2.76. The molecule has 0 atom stereocenters. The fourth-order valence-electron chi connectivity index (χ4n) is 2.13. The Bertz CT molecular complexity index is 839. The topological polar surface area (TPSA) is 57.7 Å². The number of carbonyl (C=O) groups is 1. The van der Waals surface area contributed by atoms with E-state index in [-0.39, 0.29) is 29.7 Å². The summed E-state index contributed by atoms with van der Waals surface area (Å²) in [6.07, 6.45) is 0. The zero-order valence-electron chi connectivity index (χ0n) is 13.8. The molecule has 25 heavy (non-hydrogen) atoms. The van der Waals surface area contributed by atoms with Crippen molar-refractivity contribution in [1.29, 1.82) is 0 Å². The molecule has 0 aromatic heterocycles. The van der Waals surface area contributed by atoms with Gasteiger partial charge in [0.05, 0.1) is 11.4 Å². The Balaban J connectivity index is 2.03. The first-order valence-corrected chi connectivity index (χ1v) is 9.22. The monoisotopic (exact) mass is 384 g/mol. The van der Waals surface area contributed by atoms with Crippen LogP contribution in [-0.2, 0) is 21.4 Å². The van der Waals surface area contributed by atoms with E-state index in [1.54, 1.807) is 19.2 Å². The molecule has 0 saturated heterocycles. The van der Waals surface area contributed by atoms with Gasteiger partial charge in [-0.1, -0.05) is 23.7 Å². The van der Waals surface area contributed by atoms with Crippen molar-refractivity contribution < 1.29 is 17.6 Å². The Morgan fingerprint density at radius 2 is 1.60 bits per heavy atom. The van der Waals surface area contributed by atoms with Crippen LogP contribution in [0.5, 0.6) is 0 Å². The van der Waals surface area contributed by atoms with Crippen LogP contribution >= 0.6 is 11.6 Å². The second kappa shape index (κ2) is 7.95. The zero-order chi connectivity index (χ0) is 18.6. The summed E-state index contributed by atoms with van der Waals surface area (Å²) in [5.74, 6) is -0.726. The summed E-state index contributed by atoms with van der Waals surface area (Å²) in [7, 11) is -0.880. The summed E-state index contributed by atoms with van der Waals surface area (Å²) in [6.45, 7) is -0.0450. The van der Waals surface area contributed by atoms with E-state index in [9.17, 15) is 17.6 Å². The third-order valence-corrected chi connectivity index (χ3v) is 5.71. The summed E-state index contributed by atoms with van der Waals surface area (Å²) < 4.78 is 38.8. The average molecular weight is 385 g/mol. The van der Waals surface area contributed by atoms with Gasteiger partial charge in [-0.2, -0.15) is 4.31 Å². The van der Waals surface area contributed by atoms with Gasteiger partial charge in [0.15, 0.2) is 0 Å². The lowest BCUT2D eigenvalue weighted by atomic mass is 10.2. The number of nitrogens with zero attached hydrogens (tertiary/aromatic N) is 2. The largest absolute Gasteiger partial charge is 0.340 e. The second-order valence-corrected chi connectivity index (χ2v) is 8.07. The summed E-state index contributed by atoms with van der Waals surface area (Å²) >= 11 is 5.76. The van der Waals surface area contributed by atoms with Crippen molar-refractivity contribution in [2.75, 3.05) is 20.6 Å². The molecule has 0 aliphatic heterocycles. The van der Waals surface area contributed by atoms with Crippen LogP contribution in [0.2, 0.25) is 5.02 Å². The molecule has 0 aliphatic carbocycles. The molecule has 0 radical (unpaired) electrons. The molecule has 2 aromatic carbocycles. The highest BCUT2D eigenvalue weighted by atomic mass is 35.5. The number of rotatable bonds is 6. The van der Waals surface area contributed by atoms with Crippen LogP contribution in [-0.4, -0.2) is 44.2 Å². The van der Waals surface area contributed by atoms with Gasteiger partial charge in [0.1, 0.15) is 5.82 Å². The SMILES string of the molecule is CN(Cc1ccc(F)cc1)C(=O)CN(C)S(=O)(=O)c1ccc(Cl)cc1. The summed E-state index contributed by atoms with van der Waals surface area (Å²) in [5.41, 5.74) is 0.750. The molecular weight excluding hydrogens is 367 g/mol. The maximum absolute atomic E-state index is 12.9. The van der Waals surface area contributed by atoms with Gasteiger partial charge in [-0.05, 0) is 42.0 Å². The lowest BCUT2D eigenvalue weighted by Gasteiger charge is -2.22. The maximum Gasteiger partial charge on any atom is 0.243 e. The average Bonchev–Trinajstić information content (AvgIpc) is 2.57. The van der Waals surface area contributed by atoms with E-state index in [2.05, 4.69) is 0 Å². The molecule has 0 heterocycles. The van der Waals surface area contributed by atoms with Gasteiger partial charge >= 0.3 is 0 Å². The second-order valence-electron chi connectivity index (χ2n) is 5.59. The molecule has 134 valence electrons. The Morgan fingerprint density at radius 1 is 1.04 bits per heavy atom. The minimum absolute atomic E-state index is 0.0633. The highest BCUT2D eigenvalue weighted by molar-refractivity contribution is 7.89. The van der Waals surface area contributed by atoms with Gasteiger partial charge in [0.25, 0.3) is 0 Å². The molecule has 0 aliphatic rings. The first-order chi connectivity index (χ1) is 11.7. The van der Waals surface area contributed by atoms with Gasteiger partial charge in [0.2, 0.25) is 15.9 Å². The summed E-state index contributed by atoms with van der Waals surface area (Å²) in [4.78, 5) is 13.7. The van der Waals surface area contributed by atoms with Crippen LogP contribution in [0, 0.1) is 5.82 Å². The van der Waals surface area contributed by atoms with Gasteiger partial charge in [0, 0.05) is 25.7 Å². The zero-order valence-corrected chi connectivity index (χ0v) is 15.4. The Morgan fingerprint density at radius 3 is 2.16 bits per heavy atom. The Hall–Kier alpha value is -1.96. The summed E-state index contributed by atoms with van der Waals surface area (Å²) in [6, 6.07) is 11.5. The normalized spacial score (nSPS) is 11.6. The minimum atomic E-state index is -3.79. The molecule has 0 fully saturated rings. The number of hydrogen-bond acceptors (Lipinski definition) is 3. The van der Waals surface area contributed by atoms with E-state index in [4.69, 9.17) is 11.6 Å². The van der Waals surface area contributed by atoms with E-state index in [0.29, 0.717) is 5.02 Å². The predicted molar refractivity (Wildman–Crippen MR) is 94.1 cm³/mol. The van der Waals surface area contributed by atoms with Crippen molar-refractivity contribution in [2.24, 2.45) is 0 Å². The molecule has 0 N–H and O–H groups in total. The van der Waals surface area contributed by atoms with Crippen LogP contribution in [0.4, 0.5) is 4.39 Å². The van der Waals surface area contributed by atoms with E-state index >= 15 is 0 Å².